The maximum Gasteiger partial charge on any atom is 0.232 e. The quantitative estimate of drug-likeness (QED) is 0.665. The minimum atomic E-state index is 0.0421. The largest absolute Gasteiger partial charge is 0.310 e. The molecule has 3 aliphatic carbocycles. The topological polar surface area (TPSA) is 16.4 Å². The van der Waals surface area contributed by atoms with Gasteiger partial charge in [-0.25, -0.2) is 6.57 Å². The van der Waals surface area contributed by atoms with E-state index in [1.165, 1.54) is 19.3 Å². The average molecular weight is 192 g/mol. The van der Waals surface area contributed by atoms with Crippen LogP contribution in [-0.4, -0.2) is 17.1 Å². The molecule has 0 atom stereocenters. The minimum Gasteiger partial charge on any atom is -0.310 e. The van der Waals surface area contributed by atoms with Gasteiger partial charge in [-0.05, 0) is 19.3 Å². The molecule has 3 aliphatic rings. The van der Waals surface area contributed by atoms with Crippen molar-refractivity contribution in [2.45, 2.75) is 69.5 Å². The van der Waals surface area contributed by atoms with Crippen LogP contribution in [0.25, 0.3) is 4.85 Å². The molecule has 1 N–H and O–H groups in total. The Morgan fingerprint density at radius 2 is 1.57 bits per heavy atom. The maximum atomic E-state index is 7.28. The summed E-state index contributed by atoms with van der Waals surface area (Å²) in [6.07, 6.45) is 7.01. The summed E-state index contributed by atoms with van der Waals surface area (Å²) in [4.78, 5) is 3.87. The summed E-state index contributed by atoms with van der Waals surface area (Å²) in [6.45, 7) is 11.7. The third-order valence-electron chi connectivity index (χ3n) is 4.04. The van der Waals surface area contributed by atoms with E-state index < -0.39 is 0 Å². The van der Waals surface area contributed by atoms with E-state index in [4.69, 9.17) is 6.57 Å². The molecule has 0 radical (unpaired) electrons. The van der Waals surface area contributed by atoms with Crippen molar-refractivity contribution in [2.24, 2.45) is 0 Å². The molecule has 0 unspecified atom stereocenters. The Balaban J connectivity index is 2.06. The summed E-state index contributed by atoms with van der Waals surface area (Å²) in [5.74, 6) is 0. The van der Waals surface area contributed by atoms with Crippen LogP contribution >= 0.6 is 0 Å². The Kier molecular flexibility index (Phi) is 2.31. The van der Waals surface area contributed by atoms with Crippen LogP contribution in [0.1, 0.15) is 52.4 Å². The Bertz CT molecular complexity index is 237. The molecule has 3 saturated carbocycles. The van der Waals surface area contributed by atoms with Crippen molar-refractivity contribution < 1.29 is 0 Å². The second kappa shape index (κ2) is 3.24. The number of nitrogens with one attached hydrogen (secondary N) is 1. The Morgan fingerprint density at radius 3 is 1.93 bits per heavy atom. The number of hydrogen-bond acceptors (Lipinski definition) is 1. The zero-order chi connectivity index (χ0) is 10.2. The summed E-state index contributed by atoms with van der Waals surface area (Å²) in [5, 5.41) is 3.72. The first-order chi connectivity index (χ1) is 6.60. The molecule has 0 aliphatic heterocycles. The molecule has 0 amide bonds. The predicted octanol–water partition coefficient (Wildman–Crippen LogP) is 2.75. The lowest BCUT2D eigenvalue weighted by Gasteiger charge is -2.49. The summed E-state index contributed by atoms with van der Waals surface area (Å²) in [6, 6.07) is 0.577. The number of hydrogen-bond donors (Lipinski definition) is 1. The first-order valence-electron chi connectivity index (χ1n) is 5.76. The number of nitrogens with zero attached hydrogens (tertiary/aromatic N) is 1. The van der Waals surface area contributed by atoms with Crippen molar-refractivity contribution in [1.29, 1.82) is 0 Å². The summed E-state index contributed by atoms with van der Waals surface area (Å²) >= 11 is 0. The first-order valence-corrected chi connectivity index (χ1v) is 5.76. The molecular formula is C12H20N2. The molecule has 0 aromatic heterocycles. The number of fused-ring (bicyclic) bond motifs is 3. The van der Waals surface area contributed by atoms with E-state index in [2.05, 4.69) is 24.0 Å². The molecule has 2 heteroatoms. The Hall–Kier alpha value is -0.550. The van der Waals surface area contributed by atoms with Crippen LogP contribution in [0.2, 0.25) is 0 Å². The van der Waals surface area contributed by atoms with Gasteiger partial charge in [0.2, 0.25) is 5.54 Å². The average Bonchev–Trinajstić information content (AvgIpc) is 2.19. The van der Waals surface area contributed by atoms with Gasteiger partial charge in [-0.15, -0.1) is 0 Å². The van der Waals surface area contributed by atoms with E-state index in [0.29, 0.717) is 11.6 Å². The smallest absolute Gasteiger partial charge is 0.232 e. The van der Waals surface area contributed by atoms with Gasteiger partial charge in [0.1, 0.15) is 0 Å². The highest BCUT2D eigenvalue weighted by molar-refractivity contribution is 5.13. The molecule has 0 heterocycles. The first kappa shape index (κ1) is 9.98. The van der Waals surface area contributed by atoms with Crippen LogP contribution in [0.15, 0.2) is 0 Å². The highest BCUT2D eigenvalue weighted by atomic mass is 15.0. The second-order valence-electron chi connectivity index (χ2n) is 5.42. The van der Waals surface area contributed by atoms with Gasteiger partial charge >= 0.3 is 0 Å². The fraction of sp³-hybridized carbons (Fsp3) is 0.917. The van der Waals surface area contributed by atoms with Gasteiger partial charge in [0.25, 0.3) is 0 Å². The van der Waals surface area contributed by atoms with E-state index in [0.717, 1.165) is 19.3 Å². The highest BCUT2D eigenvalue weighted by Gasteiger charge is 2.52. The van der Waals surface area contributed by atoms with Crippen LogP contribution in [-0.2, 0) is 0 Å². The van der Waals surface area contributed by atoms with E-state index >= 15 is 0 Å². The SMILES string of the molecule is [C-]#[N+]C12CCC(NC(C)C)(CC1)CC2. The molecule has 14 heavy (non-hydrogen) atoms. The van der Waals surface area contributed by atoms with Gasteiger partial charge in [-0.3, -0.25) is 0 Å². The predicted molar refractivity (Wildman–Crippen MR) is 58.0 cm³/mol. The van der Waals surface area contributed by atoms with Gasteiger partial charge in [0.15, 0.2) is 0 Å². The van der Waals surface area contributed by atoms with Crippen LogP contribution in [0.5, 0.6) is 0 Å². The molecular weight excluding hydrogens is 172 g/mol. The van der Waals surface area contributed by atoms with Crippen LogP contribution in [0.4, 0.5) is 0 Å². The number of rotatable bonds is 2. The van der Waals surface area contributed by atoms with Crippen LogP contribution in [0.3, 0.4) is 0 Å². The molecule has 3 rings (SSSR count). The van der Waals surface area contributed by atoms with Gasteiger partial charge in [0.05, 0.1) is 0 Å². The fourth-order valence-electron chi connectivity index (χ4n) is 3.16. The molecule has 78 valence electrons. The van der Waals surface area contributed by atoms with E-state index in [1.807, 2.05) is 0 Å². The monoisotopic (exact) mass is 192 g/mol. The molecule has 0 aromatic carbocycles. The Labute approximate surface area is 86.9 Å². The normalized spacial score (nSPS) is 41.3. The molecule has 0 spiro atoms. The van der Waals surface area contributed by atoms with Crippen molar-refractivity contribution in [1.82, 2.24) is 5.32 Å². The zero-order valence-corrected chi connectivity index (χ0v) is 9.27. The van der Waals surface area contributed by atoms with Crippen molar-refractivity contribution in [3.05, 3.63) is 11.4 Å². The van der Waals surface area contributed by atoms with E-state index in [1.54, 1.807) is 0 Å². The van der Waals surface area contributed by atoms with Gasteiger partial charge in [0, 0.05) is 30.8 Å². The standard InChI is InChI=1S/C12H20N2/c1-10(2)14-12-7-4-11(13-3,5-8-12)6-9-12/h10,14H,4-9H2,1-2H3. The molecule has 3 fully saturated rings. The van der Waals surface area contributed by atoms with Gasteiger partial charge in [-0.1, -0.05) is 13.8 Å². The third-order valence-corrected chi connectivity index (χ3v) is 4.04. The summed E-state index contributed by atoms with van der Waals surface area (Å²) in [7, 11) is 0. The van der Waals surface area contributed by atoms with Crippen LogP contribution < -0.4 is 5.32 Å². The van der Waals surface area contributed by atoms with Gasteiger partial charge < -0.3 is 10.2 Å². The van der Waals surface area contributed by atoms with Crippen molar-refractivity contribution in [3.8, 4) is 0 Å². The summed E-state index contributed by atoms with van der Waals surface area (Å²) in [5.41, 5.74) is 0.432. The third kappa shape index (κ3) is 1.54. The highest BCUT2D eigenvalue weighted by Crippen LogP contribution is 2.49. The lowest BCUT2D eigenvalue weighted by molar-refractivity contribution is 0.0952. The lowest BCUT2D eigenvalue weighted by Crippen LogP contribution is -2.58. The van der Waals surface area contributed by atoms with E-state index in [-0.39, 0.29) is 5.54 Å². The maximum absolute atomic E-state index is 7.28. The van der Waals surface area contributed by atoms with E-state index in [9.17, 15) is 0 Å². The van der Waals surface area contributed by atoms with Crippen LogP contribution in [0, 0.1) is 6.57 Å². The minimum absolute atomic E-state index is 0.0421. The summed E-state index contributed by atoms with van der Waals surface area (Å²) < 4.78 is 0. The molecule has 0 saturated heterocycles. The molecule has 2 bridgehead atoms. The molecule has 2 nitrogen and oxygen atoms in total. The second-order valence-corrected chi connectivity index (χ2v) is 5.42. The van der Waals surface area contributed by atoms with Crippen molar-refractivity contribution in [3.63, 3.8) is 0 Å². The van der Waals surface area contributed by atoms with Crippen molar-refractivity contribution in [2.75, 3.05) is 0 Å². The fourth-order valence-corrected chi connectivity index (χ4v) is 3.16. The Morgan fingerprint density at radius 1 is 1.07 bits per heavy atom. The molecule has 0 aromatic rings. The lowest BCUT2D eigenvalue weighted by atomic mass is 9.61. The zero-order valence-electron chi connectivity index (χ0n) is 9.27. The van der Waals surface area contributed by atoms with Gasteiger partial charge in [-0.2, -0.15) is 0 Å². The van der Waals surface area contributed by atoms with Crippen molar-refractivity contribution >= 4 is 0 Å².